The fourth-order valence-electron chi connectivity index (χ4n) is 3.21. The van der Waals surface area contributed by atoms with Gasteiger partial charge >= 0.3 is 17.8 Å². The van der Waals surface area contributed by atoms with Crippen LogP contribution in [0.1, 0.15) is 39.0 Å². The third-order valence-corrected chi connectivity index (χ3v) is 4.90. The van der Waals surface area contributed by atoms with E-state index in [2.05, 4.69) is 5.32 Å². The van der Waals surface area contributed by atoms with Crippen LogP contribution in [0.4, 0.5) is 4.79 Å². The van der Waals surface area contributed by atoms with Gasteiger partial charge in [-0.2, -0.15) is 0 Å². The normalized spacial score (nSPS) is 12.2. The standard InChI is InChI=1S/C23H31N3O6/c1-8-31-20(28)17(24-21(29)32-23(3,4)5)13-15-9-11-16(12-10-15)18-14(2)25(6)22(30)26(7)19(18)27/h9-12,17H,8,13H2,1-7H3,(H,24,29)/t17-/m0/s1. The third-order valence-electron chi connectivity index (χ3n) is 4.90. The predicted molar refractivity (Wildman–Crippen MR) is 121 cm³/mol. The zero-order valence-corrected chi connectivity index (χ0v) is 19.6. The van der Waals surface area contributed by atoms with Crippen molar-refractivity contribution in [2.24, 2.45) is 14.1 Å². The van der Waals surface area contributed by atoms with Crippen molar-refractivity contribution in [3.05, 3.63) is 56.4 Å². The van der Waals surface area contributed by atoms with Gasteiger partial charge in [-0.25, -0.2) is 14.4 Å². The summed E-state index contributed by atoms with van der Waals surface area (Å²) in [5, 5.41) is 2.57. The van der Waals surface area contributed by atoms with Crippen molar-refractivity contribution >= 4 is 12.1 Å². The number of nitrogens with one attached hydrogen (secondary N) is 1. The second-order valence-electron chi connectivity index (χ2n) is 8.52. The molecule has 174 valence electrons. The first-order chi connectivity index (χ1) is 14.9. The Kier molecular flexibility index (Phi) is 7.66. The van der Waals surface area contributed by atoms with Crippen molar-refractivity contribution in [1.29, 1.82) is 0 Å². The number of esters is 1. The van der Waals surface area contributed by atoms with Crippen LogP contribution in [0.25, 0.3) is 11.1 Å². The maximum absolute atomic E-state index is 12.6. The molecule has 1 amide bonds. The fraction of sp³-hybridized carbons (Fsp3) is 0.478. The molecule has 1 heterocycles. The second-order valence-corrected chi connectivity index (χ2v) is 8.52. The van der Waals surface area contributed by atoms with E-state index in [0.29, 0.717) is 16.8 Å². The molecule has 1 aromatic carbocycles. The Bertz CT molecular complexity index is 1110. The Balaban J connectivity index is 2.31. The Hall–Kier alpha value is -3.36. The highest BCUT2D eigenvalue weighted by Crippen LogP contribution is 2.20. The van der Waals surface area contributed by atoms with Gasteiger partial charge in [0.2, 0.25) is 0 Å². The minimum atomic E-state index is -0.928. The molecule has 0 spiro atoms. The summed E-state index contributed by atoms with van der Waals surface area (Å²) in [5.41, 5.74) is 0.909. The second kappa shape index (κ2) is 9.84. The van der Waals surface area contributed by atoms with Crippen molar-refractivity contribution in [3.63, 3.8) is 0 Å². The molecule has 1 atom stereocenters. The minimum Gasteiger partial charge on any atom is -0.464 e. The Labute approximate surface area is 187 Å². The summed E-state index contributed by atoms with van der Waals surface area (Å²) in [4.78, 5) is 49.3. The molecule has 9 heteroatoms. The molecule has 2 rings (SSSR count). The van der Waals surface area contributed by atoms with Gasteiger partial charge < -0.3 is 19.4 Å². The van der Waals surface area contributed by atoms with E-state index in [0.717, 1.165) is 10.1 Å². The number of rotatable bonds is 6. The highest BCUT2D eigenvalue weighted by Gasteiger charge is 2.26. The summed E-state index contributed by atoms with van der Waals surface area (Å²) in [5.74, 6) is -0.565. The molecule has 0 fully saturated rings. The zero-order valence-electron chi connectivity index (χ0n) is 19.6. The quantitative estimate of drug-likeness (QED) is 0.682. The smallest absolute Gasteiger partial charge is 0.408 e. The number of nitrogens with zero attached hydrogens (tertiary/aromatic N) is 2. The summed E-state index contributed by atoms with van der Waals surface area (Å²) < 4.78 is 12.8. The highest BCUT2D eigenvalue weighted by molar-refractivity contribution is 5.81. The van der Waals surface area contributed by atoms with Gasteiger partial charge in [-0.1, -0.05) is 24.3 Å². The van der Waals surface area contributed by atoms with Crippen LogP contribution in [0.2, 0.25) is 0 Å². The first-order valence-electron chi connectivity index (χ1n) is 10.4. The van der Waals surface area contributed by atoms with Crippen LogP contribution in [0.5, 0.6) is 0 Å². The average Bonchev–Trinajstić information content (AvgIpc) is 2.70. The first kappa shape index (κ1) is 24.9. The van der Waals surface area contributed by atoms with Crippen molar-refractivity contribution in [2.45, 2.75) is 52.7 Å². The van der Waals surface area contributed by atoms with Crippen LogP contribution >= 0.6 is 0 Å². The number of ether oxygens (including phenoxy) is 2. The SMILES string of the molecule is CCOC(=O)[C@H](Cc1ccc(-c2c(C)n(C)c(=O)n(C)c2=O)cc1)NC(=O)OC(C)(C)C. The third kappa shape index (κ3) is 5.87. The van der Waals surface area contributed by atoms with Crippen molar-refractivity contribution in [3.8, 4) is 11.1 Å². The minimum absolute atomic E-state index is 0.180. The number of amides is 1. The Morgan fingerprint density at radius 1 is 1.06 bits per heavy atom. The number of hydrogen-bond donors (Lipinski definition) is 1. The zero-order chi connectivity index (χ0) is 24.2. The number of benzene rings is 1. The molecule has 2 aromatic rings. The number of alkyl carbamates (subject to hydrolysis) is 1. The molecule has 0 aliphatic carbocycles. The van der Waals surface area contributed by atoms with Crippen LogP contribution in [0.15, 0.2) is 33.9 Å². The van der Waals surface area contributed by atoms with Crippen LogP contribution in [0, 0.1) is 6.92 Å². The topological polar surface area (TPSA) is 109 Å². The molecule has 0 unspecified atom stereocenters. The van der Waals surface area contributed by atoms with E-state index in [1.807, 2.05) is 0 Å². The number of carbonyl (C=O) groups excluding carboxylic acids is 2. The summed E-state index contributed by atoms with van der Waals surface area (Å²) in [6, 6.07) is 6.10. The van der Waals surface area contributed by atoms with Gasteiger partial charge in [0.15, 0.2) is 0 Å². The van der Waals surface area contributed by atoms with Gasteiger partial charge in [0, 0.05) is 26.2 Å². The first-order valence-corrected chi connectivity index (χ1v) is 10.4. The Morgan fingerprint density at radius 2 is 1.66 bits per heavy atom. The maximum atomic E-state index is 12.6. The number of carbonyl (C=O) groups is 2. The van der Waals surface area contributed by atoms with Crippen LogP contribution in [0.3, 0.4) is 0 Å². The lowest BCUT2D eigenvalue weighted by Gasteiger charge is -2.23. The van der Waals surface area contributed by atoms with E-state index in [-0.39, 0.29) is 18.6 Å². The molecule has 1 N–H and O–H groups in total. The molecule has 0 aliphatic heterocycles. The maximum Gasteiger partial charge on any atom is 0.408 e. The van der Waals surface area contributed by atoms with Crippen molar-refractivity contribution in [2.75, 3.05) is 6.61 Å². The van der Waals surface area contributed by atoms with E-state index in [4.69, 9.17) is 9.47 Å². The van der Waals surface area contributed by atoms with E-state index >= 15 is 0 Å². The lowest BCUT2D eigenvalue weighted by atomic mass is 10.0. The van der Waals surface area contributed by atoms with E-state index < -0.39 is 29.4 Å². The van der Waals surface area contributed by atoms with Gasteiger partial charge in [0.05, 0.1) is 12.2 Å². The lowest BCUT2D eigenvalue weighted by molar-refractivity contribution is -0.145. The molecule has 32 heavy (non-hydrogen) atoms. The molecular formula is C23H31N3O6. The molecular weight excluding hydrogens is 414 g/mol. The van der Waals surface area contributed by atoms with E-state index in [9.17, 15) is 19.2 Å². The fourth-order valence-corrected chi connectivity index (χ4v) is 3.21. The monoisotopic (exact) mass is 445 g/mol. The molecule has 0 radical (unpaired) electrons. The van der Waals surface area contributed by atoms with Crippen LogP contribution in [-0.2, 0) is 34.8 Å². The number of hydrogen-bond acceptors (Lipinski definition) is 6. The summed E-state index contributed by atoms with van der Waals surface area (Å²) in [7, 11) is 3.05. The highest BCUT2D eigenvalue weighted by atomic mass is 16.6. The molecule has 0 bridgehead atoms. The van der Waals surface area contributed by atoms with Crippen molar-refractivity contribution < 1.29 is 19.1 Å². The predicted octanol–water partition coefficient (Wildman–Crippen LogP) is 2.06. The van der Waals surface area contributed by atoms with Crippen molar-refractivity contribution in [1.82, 2.24) is 14.5 Å². The molecule has 0 saturated carbocycles. The van der Waals surface area contributed by atoms with E-state index in [1.54, 1.807) is 65.9 Å². The van der Waals surface area contributed by atoms with Gasteiger partial charge in [0.1, 0.15) is 11.6 Å². The van der Waals surface area contributed by atoms with Gasteiger partial charge in [-0.05, 0) is 45.7 Å². The molecule has 0 aliphatic rings. The molecule has 9 nitrogen and oxygen atoms in total. The van der Waals surface area contributed by atoms with Crippen LogP contribution < -0.4 is 16.6 Å². The Morgan fingerprint density at radius 3 is 2.19 bits per heavy atom. The van der Waals surface area contributed by atoms with Gasteiger partial charge in [-0.3, -0.25) is 9.36 Å². The largest absolute Gasteiger partial charge is 0.464 e. The molecule has 1 aromatic heterocycles. The summed E-state index contributed by atoms with van der Waals surface area (Å²) >= 11 is 0. The van der Waals surface area contributed by atoms with Crippen LogP contribution in [-0.4, -0.2) is 39.4 Å². The van der Waals surface area contributed by atoms with Gasteiger partial charge in [0.25, 0.3) is 5.56 Å². The average molecular weight is 446 g/mol. The summed E-state index contributed by atoms with van der Waals surface area (Å²) in [6.45, 7) is 8.78. The molecule has 0 saturated heterocycles. The van der Waals surface area contributed by atoms with Gasteiger partial charge in [-0.15, -0.1) is 0 Å². The lowest BCUT2D eigenvalue weighted by Crippen LogP contribution is -2.45. The number of aromatic nitrogens is 2. The van der Waals surface area contributed by atoms with E-state index in [1.165, 1.54) is 11.6 Å². The summed E-state index contributed by atoms with van der Waals surface area (Å²) in [6.07, 6.45) is -0.528.